The SMILES string of the molecule is O=C(N/N=C/c1ccccc1[N+](=O)[O-])c1ccc2nc(-c3ccccc3Cl)[nH]c2c1. The molecule has 0 unspecified atom stereocenters. The molecule has 30 heavy (non-hydrogen) atoms. The van der Waals surface area contributed by atoms with Crippen LogP contribution in [0.4, 0.5) is 5.69 Å². The molecule has 2 N–H and O–H groups in total. The molecule has 0 bridgehead atoms. The number of hydrogen-bond acceptors (Lipinski definition) is 5. The van der Waals surface area contributed by atoms with E-state index < -0.39 is 10.8 Å². The first-order chi connectivity index (χ1) is 14.5. The number of nitro benzene ring substituents is 1. The van der Waals surface area contributed by atoms with E-state index in [1.54, 1.807) is 42.5 Å². The van der Waals surface area contributed by atoms with E-state index in [1.165, 1.54) is 12.3 Å². The number of H-pyrrole nitrogens is 1. The third-order valence-corrected chi connectivity index (χ3v) is 4.71. The summed E-state index contributed by atoms with van der Waals surface area (Å²) >= 11 is 6.22. The third-order valence-electron chi connectivity index (χ3n) is 4.38. The molecule has 4 rings (SSSR count). The highest BCUT2D eigenvalue weighted by molar-refractivity contribution is 6.33. The second kappa shape index (κ2) is 8.14. The maximum atomic E-state index is 12.4. The Morgan fingerprint density at radius 3 is 2.70 bits per heavy atom. The Morgan fingerprint density at radius 1 is 1.13 bits per heavy atom. The van der Waals surface area contributed by atoms with Crippen molar-refractivity contribution in [2.45, 2.75) is 0 Å². The molecule has 9 heteroatoms. The highest BCUT2D eigenvalue weighted by Crippen LogP contribution is 2.27. The Bertz CT molecular complexity index is 1300. The highest BCUT2D eigenvalue weighted by atomic mass is 35.5. The van der Waals surface area contributed by atoms with Crippen molar-refractivity contribution in [3.05, 3.63) is 93.0 Å². The number of carbonyl (C=O) groups is 1. The van der Waals surface area contributed by atoms with E-state index in [1.807, 2.05) is 18.2 Å². The first-order valence-electron chi connectivity index (χ1n) is 8.84. The summed E-state index contributed by atoms with van der Waals surface area (Å²) in [6.07, 6.45) is 1.24. The molecule has 0 aliphatic heterocycles. The van der Waals surface area contributed by atoms with Crippen molar-refractivity contribution in [3.8, 4) is 11.4 Å². The summed E-state index contributed by atoms with van der Waals surface area (Å²) in [5.74, 6) is 0.142. The number of para-hydroxylation sites is 1. The Labute approximate surface area is 175 Å². The van der Waals surface area contributed by atoms with Gasteiger partial charge in [0.05, 0.1) is 32.8 Å². The Hall–Kier alpha value is -4.04. The molecule has 3 aromatic carbocycles. The number of rotatable bonds is 5. The van der Waals surface area contributed by atoms with E-state index in [9.17, 15) is 14.9 Å². The van der Waals surface area contributed by atoms with Crippen LogP contribution in [0.1, 0.15) is 15.9 Å². The Kier molecular flexibility index (Phi) is 5.23. The maximum absolute atomic E-state index is 12.4. The van der Waals surface area contributed by atoms with Crippen molar-refractivity contribution >= 4 is 40.4 Å². The number of carbonyl (C=O) groups excluding carboxylic acids is 1. The number of amides is 1. The zero-order valence-electron chi connectivity index (χ0n) is 15.4. The average Bonchev–Trinajstić information content (AvgIpc) is 3.17. The van der Waals surface area contributed by atoms with E-state index >= 15 is 0 Å². The first-order valence-corrected chi connectivity index (χ1v) is 9.22. The summed E-state index contributed by atoms with van der Waals surface area (Å²) in [6.45, 7) is 0. The molecule has 148 valence electrons. The van der Waals surface area contributed by atoms with Gasteiger partial charge in [0, 0.05) is 17.2 Å². The zero-order valence-corrected chi connectivity index (χ0v) is 16.1. The molecule has 1 amide bonds. The predicted molar refractivity (Wildman–Crippen MR) is 115 cm³/mol. The zero-order chi connectivity index (χ0) is 21.1. The van der Waals surface area contributed by atoms with Gasteiger partial charge in [-0.15, -0.1) is 0 Å². The van der Waals surface area contributed by atoms with Crippen molar-refractivity contribution in [1.82, 2.24) is 15.4 Å². The lowest BCUT2D eigenvalue weighted by atomic mass is 10.2. The Morgan fingerprint density at radius 2 is 1.90 bits per heavy atom. The fourth-order valence-corrected chi connectivity index (χ4v) is 3.14. The molecule has 0 saturated carbocycles. The molecule has 0 radical (unpaired) electrons. The van der Waals surface area contributed by atoms with Gasteiger partial charge >= 0.3 is 0 Å². The molecule has 0 spiro atoms. The first kappa shape index (κ1) is 19.3. The smallest absolute Gasteiger partial charge is 0.278 e. The summed E-state index contributed by atoms with van der Waals surface area (Å²) < 4.78 is 0. The quantitative estimate of drug-likeness (QED) is 0.280. The minimum atomic E-state index is -0.508. The molecular weight excluding hydrogens is 406 g/mol. The number of aromatic amines is 1. The van der Waals surface area contributed by atoms with Crippen LogP contribution in [-0.2, 0) is 0 Å². The molecule has 0 atom stereocenters. The van der Waals surface area contributed by atoms with E-state index in [0.29, 0.717) is 27.4 Å². The number of halogens is 1. The largest absolute Gasteiger partial charge is 0.338 e. The van der Waals surface area contributed by atoms with Gasteiger partial charge in [0.25, 0.3) is 11.6 Å². The van der Waals surface area contributed by atoms with Gasteiger partial charge in [0.15, 0.2) is 0 Å². The van der Waals surface area contributed by atoms with Crippen molar-refractivity contribution in [1.29, 1.82) is 0 Å². The number of aromatic nitrogens is 2. The van der Waals surface area contributed by atoms with Crippen LogP contribution < -0.4 is 5.43 Å². The van der Waals surface area contributed by atoms with Crippen molar-refractivity contribution in [2.75, 3.05) is 0 Å². The van der Waals surface area contributed by atoms with Crippen LogP contribution in [-0.4, -0.2) is 27.0 Å². The topological polar surface area (TPSA) is 113 Å². The molecular formula is C21H14ClN5O3. The van der Waals surface area contributed by atoms with E-state index in [-0.39, 0.29) is 11.3 Å². The second-order valence-electron chi connectivity index (χ2n) is 6.31. The summed E-state index contributed by atoms with van der Waals surface area (Å²) in [5, 5.41) is 15.4. The Balaban J connectivity index is 1.54. The molecule has 0 fully saturated rings. The van der Waals surface area contributed by atoms with Gasteiger partial charge in [-0.05, 0) is 36.4 Å². The van der Waals surface area contributed by atoms with Gasteiger partial charge < -0.3 is 4.98 Å². The number of nitrogens with zero attached hydrogens (tertiary/aromatic N) is 3. The minimum absolute atomic E-state index is 0.0959. The molecule has 1 heterocycles. The monoisotopic (exact) mass is 419 g/mol. The standard InChI is InChI=1S/C21H14ClN5O3/c22-16-7-3-2-6-15(16)20-24-17-10-9-13(11-18(17)25-20)21(28)26-23-12-14-5-1-4-8-19(14)27(29)30/h1-12H,(H,24,25)(H,26,28)/b23-12+. The van der Waals surface area contributed by atoms with Crippen molar-refractivity contribution < 1.29 is 9.72 Å². The van der Waals surface area contributed by atoms with E-state index in [0.717, 1.165) is 5.56 Å². The fraction of sp³-hybridized carbons (Fsp3) is 0. The van der Waals surface area contributed by atoms with Crippen LogP contribution in [0.2, 0.25) is 5.02 Å². The lowest BCUT2D eigenvalue weighted by molar-refractivity contribution is -0.385. The van der Waals surface area contributed by atoms with Crippen LogP contribution in [0.15, 0.2) is 71.8 Å². The van der Waals surface area contributed by atoms with Gasteiger partial charge in [0.2, 0.25) is 0 Å². The van der Waals surface area contributed by atoms with Crippen LogP contribution in [0, 0.1) is 10.1 Å². The van der Waals surface area contributed by atoms with Crippen molar-refractivity contribution in [2.24, 2.45) is 5.10 Å². The number of nitro groups is 1. The highest BCUT2D eigenvalue weighted by Gasteiger charge is 2.12. The lowest BCUT2D eigenvalue weighted by Crippen LogP contribution is -2.17. The fourth-order valence-electron chi connectivity index (χ4n) is 2.92. The lowest BCUT2D eigenvalue weighted by Gasteiger charge is -2.00. The number of fused-ring (bicyclic) bond motifs is 1. The van der Waals surface area contributed by atoms with Crippen LogP contribution in [0.25, 0.3) is 22.4 Å². The number of nitrogens with one attached hydrogen (secondary N) is 2. The molecule has 0 saturated heterocycles. The molecule has 8 nitrogen and oxygen atoms in total. The van der Waals surface area contributed by atoms with Gasteiger partial charge in [0.1, 0.15) is 5.82 Å². The summed E-state index contributed by atoms with van der Waals surface area (Å²) in [5.41, 5.74) is 5.04. The van der Waals surface area contributed by atoms with Gasteiger partial charge in [-0.2, -0.15) is 5.10 Å². The van der Waals surface area contributed by atoms with Gasteiger partial charge in [-0.25, -0.2) is 10.4 Å². The van der Waals surface area contributed by atoms with E-state index in [4.69, 9.17) is 11.6 Å². The second-order valence-corrected chi connectivity index (χ2v) is 6.72. The molecule has 1 aromatic heterocycles. The predicted octanol–water partition coefficient (Wildman–Crippen LogP) is 4.56. The summed E-state index contributed by atoms with van der Waals surface area (Å²) in [6, 6.07) is 18.4. The summed E-state index contributed by atoms with van der Waals surface area (Å²) in [4.78, 5) is 30.6. The minimum Gasteiger partial charge on any atom is -0.338 e. The average molecular weight is 420 g/mol. The third kappa shape index (κ3) is 3.89. The van der Waals surface area contributed by atoms with Crippen LogP contribution >= 0.6 is 11.6 Å². The number of hydrazone groups is 1. The van der Waals surface area contributed by atoms with E-state index in [2.05, 4.69) is 20.5 Å². The van der Waals surface area contributed by atoms with Gasteiger partial charge in [-0.3, -0.25) is 14.9 Å². The number of benzene rings is 3. The molecule has 0 aliphatic carbocycles. The number of imidazole rings is 1. The summed E-state index contributed by atoms with van der Waals surface area (Å²) in [7, 11) is 0. The van der Waals surface area contributed by atoms with Crippen LogP contribution in [0.3, 0.4) is 0 Å². The van der Waals surface area contributed by atoms with Crippen molar-refractivity contribution in [3.63, 3.8) is 0 Å². The van der Waals surface area contributed by atoms with Crippen LogP contribution in [0.5, 0.6) is 0 Å². The molecule has 4 aromatic rings. The molecule has 0 aliphatic rings. The normalized spacial score (nSPS) is 11.1. The van der Waals surface area contributed by atoms with Gasteiger partial charge in [-0.1, -0.05) is 35.9 Å². The number of hydrogen-bond donors (Lipinski definition) is 2. The maximum Gasteiger partial charge on any atom is 0.278 e.